The average molecular weight is 403 g/mol. The molecule has 2 aromatic carbocycles. The summed E-state index contributed by atoms with van der Waals surface area (Å²) in [6.45, 7) is 7.15. The van der Waals surface area contributed by atoms with Gasteiger partial charge in [-0.3, -0.25) is 9.59 Å². The fourth-order valence-electron chi connectivity index (χ4n) is 4.57. The van der Waals surface area contributed by atoms with E-state index in [4.69, 9.17) is 9.15 Å². The van der Waals surface area contributed by atoms with Gasteiger partial charge in [0.25, 0.3) is 5.91 Å². The molecule has 30 heavy (non-hydrogen) atoms. The maximum Gasteiger partial charge on any atom is 0.291 e. The zero-order chi connectivity index (χ0) is 21.0. The zero-order valence-corrected chi connectivity index (χ0v) is 17.5. The van der Waals surface area contributed by atoms with Crippen LogP contribution in [0.2, 0.25) is 0 Å². The van der Waals surface area contributed by atoms with Crippen molar-refractivity contribution >= 4 is 16.9 Å². The SMILES string of the molecule is Cc1ccc([C@@H]2c3c(oc4cc(C)c(C)cc4c3=O)C(=O)N2C[C@@H]2CCCO2)cc1. The van der Waals surface area contributed by atoms with E-state index in [1.54, 1.807) is 4.90 Å². The lowest BCUT2D eigenvalue weighted by Gasteiger charge is -2.27. The highest BCUT2D eigenvalue weighted by atomic mass is 16.5. The lowest BCUT2D eigenvalue weighted by atomic mass is 9.96. The quantitative estimate of drug-likeness (QED) is 0.649. The molecule has 5 nitrogen and oxygen atoms in total. The van der Waals surface area contributed by atoms with Crippen LogP contribution in [-0.4, -0.2) is 30.1 Å². The Morgan fingerprint density at radius 3 is 2.47 bits per heavy atom. The van der Waals surface area contributed by atoms with Crippen molar-refractivity contribution in [3.63, 3.8) is 0 Å². The van der Waals surface area contributed by atoms with Crippen LogP contribution in [0.1, 0.15) is 57.3 Å². The number of carbonyl (C=O) groups excluding carboxylic acids is 1. The molecule has 2 aliphatic heterocycles. The van der Waals surface area contributed by atoms with Crippen molar-refractivity contribution in [2.45, 2.75) is 45.8 Å². The Balaban J connectivity index is 1.72. The number of hydrogen-bond donors (Lipinski definition) is 0. The van der Waals surface area contributed by atoms with E-state index in [0.717, 1.165) is 35.1 Å². The number of fused-ring (bicyclic) bond motifs is 2. The van der Waals surface area contributed by atoms with E-state index < -0.39 is 6.04 Å². The summed E-state index contributed by atoms with van der Waals surface area (Å²) < 4.78 is 11.9. The van der Waals surface area contributed by atoms with E-state index in [0.29, 0.717) is 29.7 Å². The lowest BCUT2D eigenvalue weighted by molar-refractivity contribution is 0.0486. The van der Waals surface area contributed by atoms with E-state index in [2.05, 4.69) is 0 Å². The van der Waals surface area contributed by atoms with Gasteiger partial charge in [0.15, 0.2) is 5.43 Å². The highest BCUT2D eigenvalue weighted by molar-refractivity contribution is 5.99. The molecule has 1 aromatic heterocycles. The molecule has 5 rings (SSSR count). The Labute approximate surface area is 175 Å². The summed E-state index contributed by atoms with van der Waals surface area (Å²) >= 11 is 0. The van der Waals surface area contributed by atoms with E-state index in [1.807, 2.05) is 57.2 Å². The number of aryl methyl sites for hydroxylation is 3. The molecule has 1 amide bonds. The minimum absolute atomic E-state index is 0.00906. The first-order valence-electron chi connectivity index (χ1n) is 10.5. The van der Waals surface area contributed by atoms with Crippen LogP contribution < -0.4 is 5.43 Å². The van der Waals surface area contributed by atoms with Gasteiger partial charge >= 0.3 is 0 Å². The van der Waals surface area contributed by atoms with Crippen LogP contribution in [0.4, 0.5) is 0 Å². The molecule has 0 aliphatic carbocycles. The van der Waals surface area contributed by atoms with Gasteiger partial charge in [-0.15, -0.1) is 0 Å². The van der Waals surface area contributed by atoms with Gasteiger partial charge in [-0.05, 0) is 62.4 Å². The molecule has 0 radical (unpaired) electrons. The molecular weight excluding hydrogens is 378 g/mol. The fraction of sp³-hybridized carbons (Fsp3) is 0.360. The smallest absolute Gasteiger partial charge is 0.291 e. The van der Waals surface area contributed by atoms with Crippen molar-refractivity contribution in [3.8, 4) is 0 Å². The number of hydrogen-bond acceptors (Lipinski definition) is 4. The third-order valence-corrected chi connectivity index (χ3v) is 6.40. The van der Waals surface area contributed by atoms with Crippen molar-refractivity contribution in [1.82, 2.24) is 4.90 Å². The second kappa shape index (κ2) is 7.10. The predicted molar refractivity (Wildman–Crippen MR) is 115 cm³/mol. The van der Waals surface area contributed by atoms with Crippen molar-refractivity contribution in [2.75, 3.05) is 13.2 Å². The van der Waals surface area contributed by atoms with Gasteiger partial charge < -0.3 is 14.1 Å². The van der Waals surface area contributed by atoms with Gasteiger partial charge in [0, 0.05) is 13.2 Å². The molecule has 0 spiro atoms. The topological polar surface area (TPSA) is 59.8 Å². The van der Waals surface area contributed by atoms with Gasteiger partial charge in [0.05, 0.1) is 23.1 Å². The van der Waals surface area contributed by atoms with Gasteiger partial charge in [-0.2, -0.15) is 0 Å². The third kappa shape index (κ3) is 2.96. The fourth-order valence-corrected chi connectivity index (χ4v) is 4.57. The third-order valence-electron chi connectivity index (χ3n) is 6.40. The number of rotatable bonds is 3. The maximum atomic E-state index is 13.6. The molecule has 3 aromatic rings. The molecule has 3 heterocycles. The molecule has 0 saturated carbocycles. The minimum atomic E-state index is -0.459. The van der Waals surface area contributed by atoms with E-state index in [9.17, 15) is 9.59 Å². The summed E-state index contributed by atoms with van der Waals surface area (Å²) in [6, 6.07) is 11.3. The largest absolute Gasteiger partial charge is 0.450 e. The minimum Gasteiger partial charge on any atom is -0.450 e. The van der Waals surface area contributed by atoms with Crippen LogP contribution in [0.5, 0.6) is 0 Å². The Morgan fingerprint density at radius 1 is 1.03 bits per heavy atom. The first kappa shape index (κ1) is 19.1. The second-order valence-electron chi connectivity index (χ2n) is 8.51. The highest BCUT2D eigenvalue weighted by Gasteiger charge is 2.43. The predicted octanol–water partition coefficient (Wildman–Crippen LogP) is 4.44. The summed E-state index contributed by atoms with van der Waals surface area (Å²) in [7, 11) is 0. The van der Waals surface area contributed by atoms with Crippen molar-refractivity contribution < 1.29 is 13.9 Å². The molecule has 2 atom stereocenters. The van der Waals surface area contributed by atoms with Crippen LogP contribution in [0.25, 0.3) is 11.0 Å². The lowest BCUT2D eigenvalue weighted by Crippen LogP contribution is -2.36. The highest BCUT2D eigenvalue weighted by Crippen LogP contribution is 2.39. The Morgan fingerprint density at radius 2 is 1.77 bits per heavy atom. The molecule has 0 N–H and O–H groups in total. The van der Waals surface area contributed by atoms with Gasteiger partial charge in [0.1, 0.15) is 5.58 Å². The molecule has 0 bridgehead atoms. The summed E-state index contributed by atoms with van der Waals surface area (Å²) in [5.41, 5.74) is 4.90. The standard InChI is InChI=1S/C25H25NO4/c1-14-6-8-17(9-7-14)22-21-23(27)19-11-15(2)16(3)12-20(19)30-24(21)25(28)26(22)13-18-5-4-10-29-18/h6-9,11-12,18,22H,4-5,10,13H2,1-3H3/t18-,22+/m0/s1. The Bertz CT molecular complexity index is 1200. The molecule has 154 valence electrons. The second-order valence-corrected chi connectivity index (χ2v) is 8.51. The van der Waals surface area contributed by atoms with Gasteiger partial charge in [-0.25, -0.2) is 0 Å². The first-order valence-corrected chi connectivity index (χ1v) is 10.5. The number of ether oxygens (including phenoxy) is 1. The number of amides is 1. The van der Waals surface area contributed by atoms with Crippen molar-refractivity contribution in [2.24, 2.45) is 0 Å². The monoisotopic (exact) mass is 403 g/mol. The summed E-state index contributed by atoms with van der Waals surface area (Å²) in [5.74, 6) is -0.0670. The van der Waals surface area contributed by atoms with Crippen LogP contribution >= 0.6 is 0 Å². The number of nitrogens with zero attached hydrogens (tertiary/aromatic N) is 1. The van der Waals surface area contributed by atoms with Crippen molar-refractivity contribution in [1.29, 1.82) is 0 Å². The molecule has 2 aliphatic rings. The summed E-state index contributed by atoms with van der Waals surface area (Å²) in [6.07, 6.45) is 1.90. The van der Waals surface area contributed by atoms with Crippen LogP contribution in [-0.2, 0) is 4.74 Å². The summed E-state index contributed by atoms with van der Waals surface area (Å²) in [5, 5.41) is 0.528. The van der Waals surface area contributed by atoms with Crippen LogP contribution in [0.15, 0.2) is 45.6 Å². The van der Waals surface area contributed by atoms with Gasteiger partial charge in [-0.1, -0.05) is 29.8 Å². The first-order chi connectivity index (χ1) is 14.4. The molecule has 1 saturated heterocycles. The maximum absolute atomic E-state index is 13.6. The molecule has 1 fully saturated rings. The van der Waals surface area contributed by atoms with E-state index in [1.165, 1.54) is 0 Å². The molecule has 0 unspecified atom stereocenters. The van der Waals surface area contributed by atoms with Crippen LogP contribution in [0.3, 0.4) is 0 Å². The Kier molecular flexibility index (Phi) is 4.51. The molecular formula is C25H25NO4. The number of benzene rings is 2. The normalized spacial score (nSPS) is 20.9. The van der Waals surface area contributed by atoms with E-state index in [-0.39, 0.29) is 23.2 Å². The van der Waals surface area contributed by atoms with E-state index >= 15 is 0 Å². The molecule has 5 heteroatoms. The van der Waals surface area contributed by atoms with Crippen molar-refractivity contribution in [3.05, 3.63) is 80.2 Å². The zero-order valence-electron chi connectivity index (χ0n) is 17.5. The summed E-state index contributed by atoms with van der Waals surface area (Å²) in [4.78, 5) is 28.8. The van der Waals surface area contributed by atoms with Crippen LogP contribution in [0, 0.1) is 20.8 Å². The number of carbonyl (C=O) groups is 1. The Hall–Kier alpha value is -2.92. The van der Waals surface area contributed by atoms with Gasteiger partial charge in [0.2, 0.25) is 5.76 Å². The average Bonchev–Trinajstić information content (AvgIpc) is 3.33.